The molecule has 1 rings (SSSR count). The van der Waals surface area contributed by atoms with Crippen LogP contribution in [0.2, 0.25) is 0 Å². The van der Waals surface area contributed by atoms with Gasteiger partial charge in [-0.25, -0.2) is 0 Å². The van der Waals surface area contributed by atoms with E-state index in [1.165, 1.54) is 25.1 Å². The van der Waals surface area contributed by atoms with E-state index in [9.17, 15) is 25.1 Å². The molecule has 0 aromatic heterocycles. The topological polar surface area (TPSA) is 122 Å². The van der Waals surface area contributed by atoms with E-state index < -0.39 is 35.3 Å². The molecule has 1 aromatic rings. The molecule has 8 nitrogen and oxygen atoms in total. The van der Waals surface area contributed by atoms with Gasteiger partial charge in [-0.15, -0.1) is 0 Å². The minimum absolute atomic E-state index is 0.0717. The van der Waals surface area contributed by atoms with Crippen molar-refractivity contribution in [1.82, 2.24) is 5.32 Å². The maximum absolute atomic E-state index is 12.3. The number of hydrogen-bond acceptors (Lipinski definition) is 6. The lowest BCUT2D eigenvalue weighted by Gasteiger charge is -2.26. The van der Waals surface area contributed by atoms with Crippen LogP contribution in [0.25, 0.3) is 0 Å². The Bertz CT molecular complexity index is 527. The van der Waals surface area contributed by atoms with Crippen LogP contribution in [0.1, 0.15) is 24.2 Å². The van der Waals surface area contributed by atoms with E-state index in [-0.39, 0.29) is 17.9 Å². The number of nitro benzene ring substituents is 1. The molecule has 3 N–H and O–H groups in total. The molecule has 0 saturated carbocycles. The van der Waals surface area contributed by atoms with Crippen molar-refractivity contribution in [2.24, 2.45) is 0 Å². The van der Waals surface area contributed by atoms with Crippen molar-refractivity contribution < 1.29 is 24.7 Å². The van der Waals surface area contributed by atoms with Gasteiger partial charge in [-0.3, -0.25) is 14.9 Å². The predicted molar refractivity (Wildman–Crippen MR) is 74.3 cm³/mol. The van der Waals surface area contributed by atoms with Gasteiger partial charge in [0.1, 0.15) is 5.75 Å². The maximum Gasteiger partial charge on any atom is 0.285 e. The zero-order valence-electron chi connectivity index (χ0n) is 11.8. The van der Waals surface area contributed by atoms with E-state index in [4.69, 9.17) is 4.74 Å². The molecule has 0 aliphatic carbocycles. The lowest BCUT2D eigenvalue weighted by atomic mass is 10.0. The Balaban J connectivity index is 3.26. The number of carbonyl (C=O) groups excluding carboxylic acids is 1. The average Bonchev–Trinajstić information content (AvgIpc) is 2.47. The minimum atomic E-state index is -1.29. The molecule has 116 valence electrons. The van der Waals surface area contributed by atoms with Gasteiger partial charge in [0, 0.05) is 6.07 Å². The van der Waals surface area contributed by atoms with Gasteiger partial charge in [-0.2, -0.15) is 0 Å². The number of nitro groups is 1. The number of hydrogen-bond donors (Lipinski definition) is 3. The lowest BCUT2D eigenvalue weighted by molar-refractivity contribution is -0.385. The molecule has 0 saturated heterocycles. The zero-order chi connectivity index (χ0) is 16.0. The number of amides is 1. The van der Waals surface area contributed by atoms with Crippen LogP contribution in [-0.2, 0) is 0 Å². The fourth-order valence-corrected chi connectivity index (χ4v) is 1.64. The second-order valence-electron chi connectivity index (χ2n) is 4.67. The Morgan fingerprint density at radius 3 is 2.52 bits per heavy atom. The molecule has 0 radical (unpaired) electrons. The van der Waals surface area contributed by atoms with Crippen LogP contribution < -0.4 is 10.1 Å². The van der Waals surface area contributed by atoms with Gasteiger partial charge in [0.05, 0.1) is 30.3 Å². The van der Waals surface area contributed by atoms with Gasteiger partial charge < -0.3 is 20.3 Å². The van der Waals surface area contributed by atoms with Gasteiger partial charge in [0.25, 0.3) is 11.6 Å². The number of benzene rings is 1. The normalized spacial score (nSPS) is 11.0. The van der Waals surface area contributed by atoms with Crippen molar-refractivity contribution in [3.8, 4) is 5.75 Å². The number of carbonyl (C=O) groups is 1. The smallest absolute Gasteiger partial charge is 0.285 e. The van der Waals surface area contributed by atoms with Crippen molar-refractivity contribution in [2.75, 3.05) is 19.8 Å². The SMILES string of the molecule is CCOc1cccc([N+](=O)[O-])c1C(=O)NC(C)(CO)CO. The van der Waals surface area contributed by atoms with Gasteiger partial charge >= 0.3 is 0 Å². The van der Waals surface area contributed by atoms with E-state index in [2.05, 4.69) is 5.32 Å². The highest BCUT2D eigenvalue weighted by Crippen LogP contribution is 2.28. The average molecular weight is 298 g/mol. The van der Waals surface area contributed by atoms with Crippen molar-refractivity contribution in [1.29, 1.82) is 0 Å². The molecule has 0 aliphatic heterocycles. The van der Waals surface area contributed by atoms with Gasteiger partial charge in [-0.05, 0) is 19.9 Å². The van der Waals surface area contributed by atoms with Crippen LogP contribution in [0.15, 0.2) is 18.2 Å². The summed E-state index contributed by atoms with van der Waals surface area (Å²) < 4.78 is 5.24. The van der Waals surface area contributed by atoms with Crippen LogP contribution in [0.4, 0.5) is 5.69 Å². The summed E-state index contributed by atoms with van der Waals surface area (Å²) in [5.74, 6) is -0.723. The molecule has 21 heavy (non-hydrogen) atoms. The van der Waals surface area contributed by atoms with Crippen molar-refractivity contribution in [3.63, 3.8) is 0 Å². The minimum Gasteiger partial charge on any atom is -0.493 e. The standard InChI is InChI=1S/C13H18N2O6/c1-3-21-10-6-4-5-9(15(19)20)11(10)12(18)14-13(2,7-16)8-17/h4-6,16-17H,3,7-8H2,1-2H3,(H,14,18). The Labute approximate surface area is 121 Å². The summed E-state index contributed by atoms with van der Waals surface area (Å²) in [6.07, 6.45) is 0. The monoisotopic (exact) mass is 298 g/mol. The van der Waals surface area contributed by atoms with Crippen LogP contribution in [0, 0.1) is 10.1 Å². The Hall–Kier alpha value is -2.19. The van der Waals surface area contributed by atoms with Crippen LogP contribution in [-0.4, -0.2) is 46.4 Å². The molecule has 0 aliphatic rings. The van der Waals surface area contributed by atoms with Crippen LogP contribution in [0.5, 0.6) is 5.75 Å². The van der Waals surface area contributed by atoms with Crippen molar-refractivity contribution in [3.05, 3.63) is 33.9 Å². The first-order chi connectivity index (χ1) is 9.88. The predicted octanol–water partition coefficient (Wildman–Crippen LogP) is 0.467. The van der Waals surface area contributed by atoms with E-state index in [0.29, 0.717) is 0 Å². The molecule has 1 aromatic carbocycles. The molecule has 0 unspecified atom stereocenters. The fourth-order valence-electron chi connectivity index (χ4n) is 1.64. The first kappa shape index (κ1) is 16.9. The molecular formula is C13H18N2O6. The molecule has 0 spiro atoms. The van der Waals surface area contributed by atoms with Crippen LogP contribution in [0.3, 0.4) is 0 Å². The Kier molecular flexibility index (Phi) is 5.62. The third-order valence-electron chi connectivity index (χ3n) is 2.84. The number of nitrogens with zero attached hydrogens (tertiary/aromatic N) is 1. The summed E-state index contributed by atoms with van der Waals surface area (Å²) in [6, 6.07) is 4.05. The lowest BCUT2D eigenvalue weighted by Crippen LogP contribution is -2.51. The molecule has 0 bridgehead atoms. The van der Waals surface area contributed by atoms with Gasteiger partial charge in [-0.1, -0.05) is 6.07 Å². The number of rotatable bonds is 7. The summed E-state index contributed by atoms with van der Waals surface area (Å²) in [4.78, 5) is 22.7. The molecule has 0 fully saturated rings. The van der Waals surface area contributed by atoms with E-state index in [1.54, 1.807) is 6.92 Å². The Morgan fingerprint density at radius 1 is 1.43 bits per heavy atom. The number of nitrogens with one attached hydrogen (secondary N) is 1. The molecule has 1 amide bonds. The number of aliphatic hydroxyl groups excluding tert-OH is 2. The summed E-state index contributed by atoms with van der Waals surface area (Å²) >= 11 is 0. The molecule has 8 heteroatoms. The third-order valence-corrected chi connectivity index (χ3v) is 2.84. The second kappa shape index (κ2) is 7.00. The highest BCUT2D eigenvalue weighted by atomic mass is 16.6. The van der Waals surface area contributed by atoms with Crippen molar-refractivity contribution >= 4 is 11.6 Å². The highest BCUT2D eigenvalue weighted by molar-refractivity contribution is 6.01. The van der Waals surface area contributed by atoms with E-state index >= 15 is 0 Å². The van der Waals surface area contributed by atoms with Gasteiger partial charge in [0.2, 0.25) is 0 Å². The molecular weight excluding hydrogens is 280 g/mol. The van der Waals surface area contributed by atoms with Gasteiger partial charge in [0.15, 0.2) is 5.56 Å². The summed E-state index contributed by atoms with van der Waals surface area (Å²) in [5, 5.41) is 31.8. The Morgan fingerprint density at radius 2 is 2.05 bits per heavy atom. The molecule has 0 heterocycles. The maximum atomic E-state index is 12.3. The largest absolute Gasteiger partial charge is 0.493 e. The number of aliphatic hydroxyl groups is 2. The van der Waals surface area contributed by atoms with E-state index in [0.717, 1.165) is 0 Å². The summed E-state index contributed by atoms with van der Waals surface area (Å²) in [7, 11) is 0. The third kappa shape index (κ3) is 3.89. The quantitative estimate of drug-likeness (QED) is 0.497. The van der Waals surface area contributed by atoms with Crippen molar-refractivity contribution in [2.45, 2.75) is 19.4 Å². The number of ether oxygens (including phenoxy) is 1. The zero-order valence-corrected chi connectivity index (χ0v) is 11.8. The first-order valence-corrected chi connectivity index (χ1v) is 6.33. The summed E-state index contributed by atoms with van der Waals surface area (Å²) in [6.45, 7) is 2.31. The fraction of sp³-hybridized carbons (Fsp3) is 0.462. The second-order valence-corrected chi connectivity index (χ2v) is 4.67. The highest BCUT2D eigenvalue weighted by Gasteiger charge is 2.31. The molecule has 0 atom stereocenters. The van der Waals surface area contributed by atoms with E-state index in [1.807, 2.05) is 0 Å². The van der Waals surface area contributed by atoms with Crippen LogP contribution >= 0.6 is 0 Å². The summed E-state index contributed by atoms with van der Waals surface area (Å²) in [5.41, 5.74) is -1.93. The first-order valence-electron chi connectivity index (χ1n) is 6.33.